The van der Waals surface area contributed by atoms with Crippen molar-refractivity contribution >= 4 is 0 Å². The van der Waals surface area contributed by atoms with Crippen LogP contribution in [0.15, 0.2) is 12.2 Å². The zero-order valence-electron chi connectivity index (χ0n) is 15.6. The van der Waals surface area contributed by atoms with E-state index in [1.807, 2.05) is 0 Å². The molecule has 0 amide bonds. The molecule has 0 heterocycles. The largest absolute Gasteiger partial charge is 0.378 e. The highest BCUT2D eigenvalue weighted by atomic mass is 16.5. The van der Waals surface area contributed by atoms with Crippen molar-refractivity contribution in [3.05, 3.63) is 12.2 Å². The van der Waals surface area contributed by atoms with E-state index < -0.39 is 0 Å². The molecule has 5 atom stereocenters. The Morgan fingerprint density at radius 2 is 2.00 bits per heavy atom. The SMILES string of the molecule is C=C(C)C1CCC(C)CC1OCC(C)CC(C)OCCCC. The van der Waals surface area contributed by atoms with Crippen LogP contribution in [0.4, 0.5) is 0 Å². The lowest BCUT2D eigenvalue weighted by molar-refractivity contribution is -0.0361. The van der Waals surface area contributed by atoms with E-state index in [0.717, 1.165) is 32.0 Å². The molecule has 5 unspecified atom stereocenters. The molecule has 1 aliphatic carbocycles. The highest BCUT2D eigenvalue weighted by Crippen LogP contribution is 2.34. The van der Waals surface area contributed by atoms with Gasteiger partial charge in [-0.15, -0.1) is 0 Å². The zero-order valence-corrected chi connectivity index (χ0v) is 15.6. The first-order valence-electron chi connectivity index (χ1n) is 9.32. The lowest BCUT2D eigenvalue weighted by Crippen LogP contribution is -2.33. The molecule has 0 radical (unpaired) electrons. The Labute approximate surface area is 138 Å². The third-order valence-electron chi connectivity index (χ3n) is 4.92. The van der Waals surface area contributed by atoms with Crippen molar-refractivity contribution in [2.75, 3.05) is 13.2 Å². The summed E-state index contributed by atoms with van der Waals surface area (Å²) in [5.41, 5.74) is 1.29. The molecule has 0 bridgehead atoms. The summed E-state index contributed by atoms with van der Waals surface area (Å²) in [5, 5.41) is 0. The maximum Gasteiger partial charge on any atom is 0.0642 e. The maximum absolute atomic E-state index is 6.30. The predicted molar refractivity (Wildman–Crippen MR) is 95.2 cm³/mol. The van der Waals surface area contributed by atoms with Crippen molar-refractivity contribution in [1.29, 1.82) is 0 Å². The Hall–Kier alpha value is -0.340. The van der Waals surface area contributed by atoms with Gasteiger partial charge >= 0.3 is 0 Å². The van der Waals surface area contributed by atoms with Crippen LogP contribution in [0, 0.1) is 17.8 Å². The van der Waals surface area contributed by atoms with Crippen LogP contribution in [-0.4, -0.2) is 25.4 Å². The van der Waals surface area contributed by atoms with Crippen LogP contribution in [-0.2, 0) is 9.47 Å². The molecule has 1 aliphatic rings. The van der Waals surface area contributed by atoms with E-state index in [0.29, 0.717) is 24.0 Å². The first kappa shape index (κ1) is 19.7. The molecule has 2 nitrogen and oxygen atoms in total. The lowest BCUT2D eigenvalue weighted by Gasteiger charge is -2.36. The highest BCUT2D eigenvalue weighted by Gasteiger charge is 2.30. The lowest BCUT2D eigenvalue weighted by atomic mass is 9.77. The second-order valence-electron chi connectivity index (χ2n) is 7.62. The van der Waals surface area contributed by atoms with E-state index in [-0.39, 0.29) is 0 Å². The molecule has 0 aliphatic heterocycles. The molecular weight excluding hydrogens is 272 g/mol. The summed E-state index contributed by atoms with van der Waals surface area (Å²) in [6, 6.07) is 0. The number of hydrogen-bond acceptors (Lipinski definition) is 2. The average Bonchev–Trinajstić information content (AvgIpc) is 2.45. The predicted octanol–water partition coefficient (Wildman–Crippen LogP) is 5.62. The van der Waals surface area contributed by atoms with Gasteiger partial charge in [0.25, 0.3) is 0 Å². The van der Waals surface area contributed by atoms with Gasteiger partial charge in [-0.05, 0) is 57.8 Å². The van der Waals surface area contributed by atoms with Gasteiger partial charge in [0.2, 0.25) is 0 Å². The van der Waals surface area contributed by atoms with E-state index >= 15 is 0 Å². The van der Waals surface area contributed by atoms with E-state index in [2.05, 4.69) is 41.2 Å². The van der Waals surface area contributed by atoms with Gasteiger partial charge < -0.3 is 9.47 Å². The van der Waals surface area contributed by atoms with Crippen molar-refractivity contribution in [3.63, 3.8) is 0 Å². The van der Waals surface area contributed by atoms with Gasteiger partial charge in [-0.1, -0.05) is 39.3 Å². The molecule has 0 aromatic rings. The molecule has 130 valence electrons. The van der Waals surface area contributed by atoms with Gasteiger partial charge in [-0.25, -0.2) is 0 Å². The first-order valence-corrected chi connectivity index (χ1v) is 9.32. The topological polar surface area (TPSA) is 18.5 Å². The second kappa shape index (κ2) is 10.4. The molecule has 0 N–H and O–H groups in total. The second-order valence-corrected chi connectivity index (χ2v) is 7.62. The van der Waals surface area contributed by atoms with Crippen molar-refractivity contribution in [2.24, 2.45) is 17.8 Å². The quantitative estimate of drug-likeness (QED) is 0.385. The van der Waals surface area contributed by atoms with Crippen molar-refractivity contribution in [2.45, 2.75) is 85.4 Å². The molecular formula is C20H38O2. The molecule has 0 aromatic heterocycles. The van der Waals surface area contributed by atoms with Gasteiger partial charge in [0.15, 0.2) is 0 Å². The zero-order chi connectivity index (χ0) is 16.5. The normalized spacial score (nSPS) is 28.3. The Balaban J connectivity index is 2.31. The van der Waals surface area contributed by atoms with Crippen LogP contribution in [0.25, 0.3) is 0 Å². The van der Waals surface area contributed by atoms with Gasteiger partial charge in [-0.3, -0.25) is 0 Å². The van der Waals surface area contributed by atoms with Crippen LogP contribution >= 0.6 is 0 Å². The number of rotatable bonds is 10. The summed E-state index contributed by atoms with van der Waals surface area (Å²) in [6.45, 7) is 17.1. The standard InChI is InChI=1S/C20H38O2/c1-7-8-11-21-18(6)12-17(5)14-22-20-13-16(4)9-10-19(20)15(2)3/h16-20H,2,7-14H2,1,3-6H3. The van der Waals surface area contributed by atoms with Crippen molar-refractivity contribution in [3.8, 4) is 0 Å². The molecule has 1 saturated carbocycles. The fourth-order valence-corrected chi connectivity index (χ4v) is 3.50. The minimum atomic E-state index is 0.340. The summed E-state index contributed by atoms with van der Waals surface area (Å²) < 4.78 is 12.2. The van der Waals surface area contributed by atoms with Gasteiger partial charge in [0.05, 0.1) is 12.2 Å². The molecule has 1 fully saturated rings. The third kappa shape index (κ3) is 7.28. The van der Waals surface area contributed by atoms with Crippen LogP contribution in [0.1, 0.15) is 73.1 Å². The summed E-state index contributed by atoms with van der Waals surface area (Å²) in [4.78, 5) is 0. The van der Waals surface area contributed by atoms with Gasteiger partial charge in [0.1, 0.15) is 0 Å². The van der Waals surface area contributed by atoms with Crippen LogP contribution in [0.3, 0.4) is 0 Å². The smallest absolute Gasteiger partial charge is 0.0642 e. The fourth-order valence-electron chi connectivity index (χ4n) is 3.50. The van der Waals surface area contributed by atoms with E-state index in [4.69, 9.17) is 9.47 Å². The molecule has 0 saturated heterocycles. The summed E-state index contributed by atoms with van der Waals surface area (Å²) in [6.07, 6.45) is 7.91. The van der Waals surface area contributed by atoms with Crippen LogP contribution in [0.2, 0.25) is 0 Å². The monoisotopic (exact) mass is 310 g/mol. The summed E-state index contributed by atoms with van der Waals surface area (Å²) in [5.74, 6) is 1.90. The Morgan fingerprint density at radius 1 is 1.27 bits per heavy atom. The highest BCUT2D eigenvalue weighted by molar-refractivity contribution is 5.02. The minimum Gasteiger partial charge on any atom is -0.378 e. The van der Waals surface area contributed by atoms with Crippen molar-refractivity contribution in [1.82, 2.24) is 0 Å². The number of hydrogen-bond donors (Lipinski definition) is 0. The van der Waals surface area contributed by atoms with Crippen LogP contribution in [0.5, 0.6) is 0 Å². The Morgan fingerprint density at radius 3 is 2.64 bits per heavy atom. The molecule has 0 aromatic carbocycles. The van der Waals surface area contributed by atoms with Crippen LogP contribution < -0.4 is 0 Å². The van der Waals surface area contributed by atoms with Gasteiger partial charge in [-0.2, -0.15) is 0 Å². The molecule has 1 rings (SSSR count). The molecule has 22 heavy (non-hydrogen) atoms. The minimum absolute atomic E-state index is 0.340. The Kier molecular flexibility index (Phi) is 9.35. The summed E-state index contributed by atoms with van der Waals surface area (Å²) >= 11 is 0. The Bertz CT molecular complexity index is 313. The summed E-state index contributed by atoms with van der Waals surface area (Å²) in [7, 11) is 0. The van der Waals surface area contributed by atoms with Crippen molar-refractivity contribution < 1.29 is 9.47 Å². The van der Waals surface area contributed by atoms with E-state index in [1.165, 1.54) is 31.3 Å². The maximum atomic E-state index is 6.30. The van der Waals surface area contributed by atoms with E-state index in [1.54, 1.807) is 0 Å². The molecule has 2 heteroatoms. The van der Waals surface area contributed by atoms with E-state index in [9.17, 15) is 0 Å². The van der Waals surface area contributed by atoms with Gasteiger partial charge in [0, 0.05) is 19.1 Å². The first-order chi connectivity index (χ1) is 10.4. The number of unbranched alkanes of at least 4 members (excludes halogenated alkanes) is 1. The fraction of sp³-hybridized carbons (Fsp3) is 0.900. The molecule has 0 spiro atoms. The third-order valence-corrected chi connectivity index (χ3v) is 4.92. The number of ether oxygens (including phenoxy) is 2. The average molecular weight is 311 g/mol.